The van der Waals surface area contributed by atoms with E-state index in [4.69, 9.17) is 4.43 Å². The van der Waals surface area contributed by atoms with Crippen LogP contribution < -0.4 is 4.72 Å². The van der Waals surface area contributed by atoms with Crippen molar-refractivity contribution in [3.8, 4) is 0 Å². The molecule has 144 valence electrons. The number of pyridine rings is 1. The molecule has 6 heteroatoms. The van der Waals surface area contributed by atoms with Crippen molar-refractivity contribution in [2.45, 2.75) is 89.9 Å². The highest BCUT2D eigenvalue weighted by molar-refractivity contribution is 7.90. The van der Waals surface area contributed by atoms with Crippen LogP contribution in [0.4, 0.5) is 0 Å². The summed E-state index contributed by atoms with van der Waals surface area (Å²) >= 11 is -1.15. The maximum atomic E-state index is 12.7. The van der Waals surface area contributed by atoms with Crippen molar-refractivity contribution in [3.63, 3.8) is 0 Å². The van der Waals surface area contributed by atoms with Gasteiger partial charge in [0.05, 0.1) is 11.7 Å². The Labute approximate surface area is 158 Å². The molecule has 0 saturated heterocycles. The van der Waals surface area contributed by atoms with E-state index >= 15 is 0 Å². The van der Waals surface area contributed by atoms with E-state index in [0.717, 1.165) is 12.1 Å². The Morgan fingerprint density at radius 3 is 2.20 bits per heavy atom. The minimum absolute atomic E-state index is 0.0518. The number of nitrogens with one attached hydrogen (secondary N) is 1. The fourth-order valence-electron chi connectivity index (χ4n) is 2.06. The molecule has 0 aliphatic rings. The molecule has 0 amide bonds. The van der Waals surface area contributed by atoms with Gasteiger partial charge in [-0.15, -0.1) is 4.72 Å². The summed E-state index contributed by atoms with van der Waals surface area (Å²) in [5.41, 5.74) is 0.901. The second-order valence-corrected chi connectivity index (χ2v) is 15.8. The van der Waals surface area contributed by atoms with Crippen LogP contribution in [0.3, 0.4) is 0 Å². The molecule has 3 atom stereocenters. The highest BCUT2D eigenvalue weighted by atomic mass is 32.2. The molecule has 2 unspecified atom stereocenters. The number of hydrogen-bond donors (Lipinski definition) is 1. The van der Waals surface area contributed by atoms with E-state index in [0.29, 0.717) is 0 Å². The summed E-state index contributed by atoms with van der Waals surface area (Å²) in [5.74, 6) is 0. The second-order valence-electron chi connectivity index (χ2n) is 9.07. The van der Waals surface area contributed by atoms with Crippen LogP contribution in [0.5, 0.6) is 0 Å². The molecule has 1 heterocycles. The molecule has 1 aromatic heterocycles. The van der Waals surface area contributed by atoms with Gasteiger partial charge in [0.25, 0.3) is 0 Å². The van der Waals surface area contributed by atoms with Crippen LogP contribution >= 0.6 is 0 Å². The van der Waals surface area contributed by atoms with Gasteiger partial charge in [-0.25, -0.2) is 0 Å². The average molecular weight is 385 g/mol. The monoisotopic (exact) mass is 384 g/mol. The number of nitrogens with zero attached hydrogens (tertiary/aromatic N) is 1. The zero-order chi connectivity index (χ0) is 19.5. The van der Waals surface area contributed by atoms with Gasteiger partial charge in [0.2, 0.25) is 0 Å². The quantitative estimate of drug-likeness (QED) is 0.532. The van der Waals surface area contributed by atoms with Crippen LogP contribution in [-0.4, -0.2) is 28.6 Å². The maximum absolute atomic E-state index is 12.7. The first-order valence-corrected chi connectivity index (χ1v) is 13.1. The third kappa shape index (κ3) is 6.36. The first-order chi connectivity index (χ1) is 11.3. The summed E-state index contributed by atoms with van der Waals surface area (Å²) in [6, 6.07) is 5.85. The second kappa shape index (κ2) is 8.52. The van der Waals surface area contributed by atoms with Gasteiger partial charge < -0.3 is 8.98 Å². The van der Waals surface area contributed by atoms with Crippen molar-refractivity contribution in [2.24, 2.45) is 0 Å². The van der Waals surface area contributed by atoms with Crippen LogP contribution in [0.25, 0.3) is 0 Å². The van der Waals surface area contributed by atoms with Gasteiger partial charge in [0, 0.05) is 17.6 Å². The van der Waals surface area contributed by atoms with E-state index in [1.807, 2.05) is 39.0 Å². The highest BCUT2D eigenvalue weighted by Gasteiger charge is 2.42. The molecule has 25 heavy (non-hydrogen) atoms. The maximum Gasteiger partial charge on any atom is 0.193 e. The summed E-state index contributed by atoms with van der Waals surface area (Å²) in [7, 11) is -2.01. The van der Waals surface area contributed by atoms with Crippen molar-refractivity contribution in [1.82, 2.24) is 9.71 Å². The standard InChI is InChI=1S/C19H36N2O2SSi/c1-10-15(21-24(22)18(2,3)4)17(16-13-11-12-14-20-16)23-25(8,9)19(5,6)7/h11-15,17,21H,10H2,1-9H3/t15-,17?,24?/m0/s1. The number of aromatic nitrogens is 1. The zero-order valence-corrected chi connectivity index (χ0v) is 19.2. The molecule has 1 aromatic rings. The zero-order valence-electron chi connectivity index (χ0n) is 17.3. The Morgan fingerprint density at radius 2 is 1.80 bits per heavy atom. The molecule has 0 saturated carbocycles. The lowest BCUT2D eigenvalue weighted by Gasteiger charge is -2.41. The van der Waals surface area contributed by atoms with Crippen molar-refractivity contribution in [3.05, 3.63) is 30.1 Å². The summed E-state index contributed by atoms with van der Waals surface area (Å²) in [4.78, 5) is 4.54. The minimum atomic E-state index is -2.01. The van der Waals surface area contributed by atoms with Crippen molar-refractivity contribution >= 4 is 19.7 Å². The molecular weight excluding hydrogens is 348 g/mol. The molecule has 0 aromatic carbocycles. The number of rotatable bonds is 7. The van der Waals surface area contributed by atoms with E-state index < -0.39 is 19.7 Å². The van der Waals surface area contributed by atoms with Gasteiger partial charge in [-0.3, -0.25) is 4.98 Å². The van der Waals surface area contributed by atoms with E-state index in [-0.39, 0.29) is 21.9 Å². The molecule has 0 fully saturated rings. The SMILES string of the molecule is CC[C@H](N[S+]([O-])C(C)(C)C)C(O[Si](C)(C)C(C)(C)C)c1ccccn1. The highest BCUT2D eigenvalue weighted by Crippen LogP contribution is 2.40. The van der Waals surface area contributed by atoms with Crippen LogP contribution in [0.2, 0.25) is 18.1 Å². The van der Waals surface area contributed by atoms with Crippen LogP contribution in [0.1, 0.15) is 66.7 Å². The van der Waals surface area contributed by atoms with Crippen LogP contribution in [0.15, 0.2) is 24.4 Å². The fraction of sp³-hybridized carbons (Fsp3) is 0.737. The molecule has 0 radical (unpaired) electrons. The van der Waals surface area contributed by atoms with Gasteiger partial charge in [-0.05, 0) is 57.5 Å². The molecule has 0 aliphatic heterocycles. The van der Waals surface area contributed by atoms with E-state index in [1.54, 1.807) is 6.20 Å². The lowest BCUT2D eigenvalue weighted by Crippen LogP contribution is -2.50. The van der Waals surface area contributed by atoms with Gasteiger partial charge in [-0.2, -0.15) is 0 Å². The Kier molecular flexibility index (Phi) is 7.72. The molecule has 1 rings (SSSR count). The lowest BCUT2D eigenvalue weighted by molar-refractivity contribution is 0.140. The van der Waals surface area contributed by atoms with Crippen LogP contribution in [0, 0.1) is 0 Å². The summed E-state index contributed by atoms with van der Waals surface area (Å²) in [6.45, 7) is 19.2. The molecular formula is C19H36N2O2SSi. The molecule has 1 N–H and O–H groups in total. The van der Waals surface area contributed by atoms with E-state index in [2.05, 4.69) is 50.5 Å². The summed E-state index contributed by atoms with van der Waals surface area (Å²) < 4.78 is 22.4. The smallest absolute Gasteiger partial charge is 0.193 e. The molecule has 0 spiro atoms. The van der Waals surface area contributed by atoms with Gasteiger partial charge in [0.15, 0.2) is 8.32 Å². The topological polar surface area (TPSA) is 57.2 Å². The van der Waals surface area contributed by atoms with Crippen LogP contribution in [-0.2, 0) is 15.8 Å². The molecule has 0 bridgehead atoms. The fourth-order valence-corrected chi connectivity index (χ4v) is 4.25. The van der Waals surface area contributed by atoms with Gasteiger partial charge in [0.1, 0.15) is 10.9 Å². The predicted molar refractivity (Wildman–Crippen MR) is 110 cm³/mol. The number of hydrogen-bond acceptors (Lipinski definition) is 4. The lowest BCUT2D eigenvalue weighted by atomic mass is 10.1. The Hall–Kier alpha value is -0.403. The van der Waals surface area contributed by atoms with Crippen molar-refractivity contribution < 1.29 is 8.98 Å². The van der Waals surface area contributed by atoms with E-state index in [9.17, 15) is 4.55 Å². The minimum Gasteiger partial charge on any atom is -0.598 e. The largest absolute Gasteiger partial charge is 0.598 e. The first kappa shape index (κ1) is 22.6. The Morgan fingerprint density at radius 1 is 1.20 bits per heavy atom. The molecule has 4 nitrogen and oxygen atoms in total. The average Bonchev–Trinajstić information content (AvgIpc) is 2.49. The normalized spacial score (nSPS) is 17.2. The first-order valence-electron chi connectivity index (χ1n) is 9.06. The Bertz CT molecular complexity index is 526. The van der Waals surface area contributed by atoms with Crippen molar-refractivity contribution in [1.29, 1.82) is 0 Å². The Balaban J connectivity index is 3.17. The van der Waals surface area contributed by atoms with Gasteiger partial charge in [-0.1, -0.05) is 33.8 Å². The predicted octanol–water partition coefficient (Wildman–Crippen LogP) is 4.97. The van der Waals surface area contributed by atoms with Gasteiger partial charge >= 0.3 is 0 Å². The molecule has 0 aliphatic carbocycles. The van der Waals surface area contributed by atoms with E-state index in [1.165, 1.54) is 0 Å². The van der Waals surface area contributed by atoms with Crippen molar-refractivity contribution in [2.75, 3.05) is 0 Å². The summed E-state index contributed by atoms with van der Waals surface area (Å²) in [5, 5.41) is 0.0987. The summed E-state index contributed by atoms with van der Waals surface area (Å²) in [6.07, 6.45) is 2.40. The third-order valence-electron chi connectivity index (χ3n) is 4.83. The third-order valence-corrected chi connectivity index (χ3v) is 10.9.